The Hall–Kier alpha value is -4.20. The fourth-order valence-corrected chi connectivity index (χ4v) is 11.2. The number of rotatable bonds is 10. The Kier molecular flexibility index (Phi) is 16.1. The molecule has 4 N–H and O–H groups in total. The van der Waals surface area contributed by atoms with Crippen LogP contribution < -0.4 is 16.0 Å². The van der Waals surface area contributed by atoms with Crippen molar-refractivity contribution in [3.05, 3.63) is 57.3 Å². The van der Waals surface area contributed by atoms with E-state index in [1.807, 2.05) is 0 Å². The van der Waals surface area contributed by atoms with Crippen LogP contribution in [0, 0.1) is 5.82 Å². The molecule has 2 aliphatic carbocycles. The van der Waals surface area contributed by atoms with Crippen LogP contribution in [-0.2, 0) is 42.7 Å². The van der Waals surface area contributed by atoms with Crippen LogP contribution in [-0.4, -0.2) is 92.6 Å². The molecule has 4 aliphatic rings. The van der Waals surface area contributed by atoms with Gasteiger partial charge in [0, 0.05) is 36.3 Å². The Morgan fingerprint density at radius 2 is 1.28 bits per heavy atom. The van der Waals surface area contributed by atoms with Gasteiger partial charge in [-0.3, -0.25) is 19.7 Å². The molecule has 3 amide bonds. The second-order valence-corrected chi connectivity index (χ2v) is 20.3. The first-order valence-corrected chi connectivity index (χ1v) is 24.1. The van der Waals surface area contributed by atoms with Crippen molar-refractivity contribution in [1.82, 2.24) is 25.1 Å². The van der Waals surface area contributed by atoms with E-state index < -0.39 is 46.1 Å². The number of aliphatic carboxylic acids is 1. The van der Waals surface area contributed by atoms with Crippen molar-refractivity contribution in [2.24, 2.45) is 0 Å². The van der Waals surface area contributed by atoms with Crippen LogP contribution in [0.1, 0.15) is 140 Å². The lowest BCUT2D eigenvalue weighted by molar-refractivity contribution is -0.144. The molecule has 13 nitrogen and oxygen atoms in total. The maximum atomic E-state index is 13.9. The van der Waals surface area contributed by atoms with Gasteiger partial charge in [-0.25, -0.2) is 19.2 Å². The van der Waals surface area contributed by atoms with Crippen LogP contribution in [0.25, 0.3) is 0 Å². The standard InChI is InChI=1S/C25H30F4N4O2S.C20H31N3O4S/c1-16(34)31-23-32-21(15-36-23)24(7-6-20(13-24)33-8-4-2-3-5-9-33)22(35)30-14-17-10-18(25(27,28)29)12-19(26)11-17;1-19(2,3)27-18(26)22-17-21-15(13-28-17)20(16(24)25)9-8-14(12-20)23-10-6-4-5-7-11-23/h10-12,15,20H,2-9,13-14H2,1H3,(H,30,35)(H,31,32,34);13-14H,4-12H2,1-3H3,(H,24,25)(H,21,22,26). The SMILES string of the molecule is CC(=O)Nc1nc(C2(C(=O)NCc3cc(F)cc(C(F)(F)F)c3)CCC(N3CCCCCC3)C2)cs1.CC(C)(C)OC(=O)Nc1nc(C2(C(=O)O)CCC(N3CCCCCC3)C2)cs1. The molecule has 0 radical (unpaired) electrons. The molecule has 1 aromatic carbocycles. The number of amides is 3. The van der Waals surface area contributed by atoms with Crippen LogP contribution in [0.15, 0.2) is 29.0 Å². The third kappa shape index (κ3) is 12.6. The monoisotopic (exact) mass is 935 g/mol. The second kappa shape index (κ2) is 21.0. The number of carbonyl (C=O) groups is 4. The zero-order valence-electron chi connectivity index (χ0n) is 37.1. The molecule has 2 saturated carbocycles. The summed E-state index contributed by atoms with van der Waals surface area (Å²) in [6.45, 7) is 10.6. The molecular weight excluding hydrogens is 875 g/mol. The molecule has 0 bridgehead atoms. The summed E-state index contributed by atoms with van der Waals surface area (Å²) in [6.07, 6.45) is 8.13. The van der Waals surface area contributed by atoms with Gasteiger partial charge in [-0.1, -0.05) is 25.7 Å². The van der Waals surface area contributed by atoms with E-state index in [0.717, 1.165) is 64.0 Å². The van der Waals surface area contributed by atoms with E-state index in [9.17, 15) is 41.8 Å². The van der Waals surface area contributed by atoms with Gasteiger partial charge in [0.1, 0.15) is 16.8 Å². The molecule has 7 rings (SSSR count). The second-order valence-electron chi connectivity index (χ2n) is 18.6. The van der Waals surface area contributed by atoms with Gasteiger partial charge < -0.3 is 30.3 Å². The molecule has 19 heteroatoms. The highest BCUT2D eigenvalue weighted by atomic mass is 32.1. The van der Waals surface area contributed by atoms with Crippen LogP contribution in [0.5, 0.6) is 0 Å². The first-order chi connectivity index (χ1) is 30.3. The predicted molar refractivity (Wildman–Crippen MR) is 238 cm³/mol. The number of aromatic nitrogens is 2. The molecule has 2 aliphatic heterocycles. The Balaban J connectivity index is 0.000000219. The predicted octanol–water partition coefficient (Wildman–Crippen LogP) is 9.48. The molecule has 64 heavy (non-hydrogen) atoms. The molecule has 4 heterocycles. The van der Waals surface area contributed by atoms with Gasteiger partial charge in [-0.2, -0.15) is 13.2 Å². The zero-order valence-corrected chi connectivity index (χ0v) is 38.7. The Morgan fingerprint density at radius 3 is 1.78 bits per heavy atom. The van der Waals surface area contributed by atoms with Gasteiger partial charge in [0.05, 0.1) is 22.4 Å². The number of hydrogen-bond donors (Lipinski definition) is 4. The first kappa shape index (κ1) is 49.2. The van der Waals surface area contributed by atoms with Gasteiger partial charge in [0.15, 0.2) is 10.3 Å². The fourth-order valence-electron chi connectivity index (χ4n) is 9.59. The van der Waals surface area contributed by atoms with E-state index in [4.69, 9.17) is 4.74 Å². The minimum absolute atomic E-state index is 0.0325. The highest BCUT2D eigenvalue weighted by molar-refractivity contribution is 7.14. The lowest BCUT2D eigenvalue weighted by Gasteiger charge is -2.30. The number of carboxylic acids is 1. The third-order valence-corrected chi connectivity index (χ3v) is 14.3. The average Bonchev–Trinajstić information content (AvgIpc) is 3.99. The van der Waals surface area contributed by atoms with E-state index in [-0.39, 0.29) is 36.0 Å². The maximum absolute atomic E-state index is 13.9. The molecule has 0 spiro atoms. The number of carboxylic acid groups (broad SMARTS) is 1. The number of likely N-dealkylation sites (tertiary alicyclic amines) is 2. The van der Waals surface area contributed by atoms with E-state index in [1.165, 1.54) is 68.1 Å². The van der Waals surface area contributed by atoms with Crippen LogP contribution in [0.3, 0.4) is 0 Å². The number of nitrogens with zero attached hydrogens (tertiary/aromatic N) is 4. The van der Waals surface area contributed by atoms with E-state index in [0.29, 0.717) is 53.4 Å². The summed E-state index contributed by atoms with van der Waals surface area (Å²) in [6, 6.07) is 2.76. The van der Waals surface area contributed by atoms with Crippen molar-refractivity contribution in [1.29, 1.82) is 0 Å². The van der Waals surface area contributed by atoms with Gasteiger partial charge in [-0.05, 0) is 135 Å². The third-order valence-electron chi connectivity index (χ3n) is 12.8. The minimum atomic E-state index is -4.69. The number of hydrogen-bond acceptors (Lipinski definition) is 11. The Bertz CT molecular complexity index is 2090. The Morgan fingerprint density at radius 1 is 0.781 bits per heavy atom. The summed E-state index contributed by atoms with van der Waals surface area (Å²) in [5, 5.41) is 22.4. The van der Waals surface area contributed by atoms with Crippen molar-refractivity contribution in [2.45, 2.75) is 159 Å². The lowest BCUT2D eigenvalue weighted by atomic mass is 9.81. The maximum Gasteiger partial charge on any atom is 0.416 e. The van der Waals surface area contributed by atoms with Crippen molar-refractivity contribution in [3.63, 3.8) is 0 Å². The summed E-state index contributed by atoms with van der Waals surface area (Å²) < 4.78 is 58.5. The molecular formula is C45H61F4N7O6S2. The van der Waals surface area contributed by atoms with Crippen molar-refractivity contribution in [3.8, 4) is 0 Å². The number of ether oxygens (including phenoxy) is 1. The summed E-state index contributed by atoms with van der Waals surface area (Å²) in [5.41, 5.74) is -2.52. The van der Waals surface area contributed by atoms with Gasteiger partial charge >= 0.3 is 18.2 Å². The highest BCUT2D eigenvalue weighted by Crippen LogP contribution is 2.46. The number of thiazole rings is 2. The number of alkyl halides is 3. The van der Waals surface area contributed by atoms with Gasteiger partial charge in [0.2, 0.25) is 11.8 Å². The summed E-state index contributed by atoms with van der Waals surface area (Å²) in [4.78, 5) is 63.3. The lowest BCUT2D eigenvalue weighted by Crippen LogP contribution is -2.44. The van der Waals surface area contributed by atoms with Crippen LogP contribution in [0.4, 0.5) is 32.6 Å². The molecule has 4 atom stereocenters. The van der Waals surface area contributed by atoms with Gasteiger partial charge in [0.25, 0.3) is 0 Å². The average molecular weight is 936 g/mol. The Labute approximate surface area is 380 Å². The minimum Gasteiger partial charge on any atom is -0.481 e. The number of halogens is 4. The highest BCUT2D eigenvalue weighted by Gasteiger charge is 2.51. The van der Waals surface area contributed by atoms with Crippen molar-refractivity contribution < 1.29 is 46.6 Å². The number of benzene rings is 1. The summed E-state index contributed by atoms with van der Waals surface area (Å²) in [7, 11) is 0. The topological polar surface area (TPSA) is 166 Å². The molecule has 3 aromatic rings. The zero-order chi connectivity index (χ0) is 46.3. The molecule has 2 aromatic heterocycles. The molecule has 2 saturated heterocycles. The van der Waals surface area contributed by atoms with E-state index in [2.05, 4.69) is 35.7 Å². The summed E-state index contributed by atoms with van der Waals surface area (Å²) >= 11 is 2.48. The van der Waals surface area contributed by atoms with Crippen molar-refractivity contribution in [2.75, 3.05) is 36.8 Å². The van der Waals surface area contributed by atoms with Crippen molar-refractivity contribution >= 4 is 56.8 Å². The largest absolute Gasteiger partial charge is 0.481 e. The fraction of sp³-hybridized carbons (Fsp3) is 0.644. The number of nitrogens with one attached hydrogen (secondary N) is 3. The quantitative estimate of drug-likeness (QED) is 0.144. The molecule has 4 fully saturated rings. The molecule has 4 unspecified atom stereocenters. The summed E-state index contributed by atoms with van der Waals surface area (Å²) in [5.74, 6) is -2.45. The number of carbonyl (C=O) groups excluding carboxylic acids is 3. The molecule has 352 valence electrons. The normalized spacial score (nSPS) is 24.8. The smallest absolute Gasteiger partial charge is 0.416 e. The number of anilines is 2. The van der Waals surface area contributed by atoms with E-state index in [1.54, 1.807) is 31.5 Å². The van der Waals surface area contributed by atoms with E-state index >= 15 is 0 Å². The van der Waals surface area contributed by atoms with Crippen LogP contribution in [0.2, 0.25) is 0 Å². The van der Waals surface area contributed by atoms with Gasteiger partial charge in [-0.15, -0.1) is 22.7 Å². The van der Waals surface area contributed by atoms with Crippen LogP contribution >= 0.6 is 22.7 Å². The first-order valence-electron chi connectivity index (χ1n) is 22.3.